The van der Waals surface area contributed by atoms with Crippen LogP contribution in [0.4, 0.5) is 0 Å². The lowest BCUT2D eigenvalue weighted by Gasteiger charge is -2.21. The molecule has 2 N–H and O–H groups in total. The van der Waals surface area contributed by atoms with Gasteiger partial charge in [0.2, 0.25) is 0 Å². The molecule has 5 heteroatoms. The van der Waals surface area contributed by atoms with Gasteiger partial charge in [-0.15, -0.1) is 0 Å². The van der Waals surface area contributed by atoms with Crippen LogP contribution >= 0.6 is 0 Å². The van der Waals surface area contributed by atoms with E-state index in [1.807, 2.05) is 11.6 Å². The molecule has 0 aromatic carbocycles. The van der Waals surface area contributed by atoms with Gasteiger partial charge in [-0.2, -0.15) is 5.10 Å². The van der Waals surface area contributed by atoms with E-state index in [1.54, 1.807) is 6.20 Å². The molecule has 0 bridgehead atoms. The van der Waals surface area contributed by atoms with Crippen molar-refractivity contribution in [2.24, 2.45) is 0 Å². The van der Waals surface area contributed by atoms with Crippen LogP contribution in [0.15, 0.2) is 17.8 Å². The Labute approximate surface area is 120 Å². The Bertz CT molecular complexity index is 522. The van der Waals surface area contributed by atoms with Crippen LogP contribution in [0.1, 0.15) is 43.2 Å². The molecule has 1 aliphatic heterocycles. The van der Waals surface area contributed by atoms with Crippen molar-refractivity contribution in [1.82, 2.24) is 20.4 Å². The molecule has 2 rings (SSSR count). The Hall–Kier alpha value is -1.62. The van der Waals surface area contributed by atoms with Crippen molar-refractivity contribution in [2.75, 3.05) is 19.6 Å². The third-order valence-corrected chi connectivity index (χ3v) is 3.52. The van der Waals surface area contributed by atoms with Crippen molar-refractivity contribution in [1.29, 1.82) is 0 Å². The summed E-state index contributed by atoms with van der Waals surface area (Å²) in [7, 11) is 0. The van der Waals surface area contributed by atoms with Gasteiger partial charge in [0.25, 0.3) is 5.91 Å². The van der Waals surface area contributed by atoms with Crippen LogP contribution in [0, 0.1) is 6.92 Å². The topological polar surface area (TPSA) is 59.0 Å². The lowest BCUT2D eigenvalue weighted by atomic mass is 10.1. The molecule has 0 spiro atoms. The molecule has 110 valence electrons. The summed E-state index contributed by atoms with van der Waals surface area (Å²) in [6.45, 7) is 10.7. The van der Waals surface area contributed by atoms with Crippen molar-refractivity contribution in [3.8, 4) is 0 Å². The number of amides is 1. The monoisotopic (exact) mass is 276 g/mol. The predicted octanol–water partition coefficient (Wildman–Crippen LogP) is 1.60. The maximum atomic E-state index is 12.2. The maximum absolute atomic E-state index is 12.2. The Kier molecular flexibility index (Phi) is 4.28. The first-order chi connectivity index (χ1) is 9.39. The van der Waals surface area contributed by atoms with Crippen LogP contribution in [0.25, 0.3) is 0 Å². The average molecular weight is 276 g/mol. The van der Waals surface area contributed by atoms with E-state index in [0.29, 0.717) is 12.1 Å². The molecule has 20 heavy (non-hydrogen) atoms. The first kappa shape index (κ1) is 14.8. The normalized spacial score (nSPS) is 15.9. The zero-order chi connectivity index (χ0) is 14.8. The minimum atomic E-state index is -0.111. The van der Waals surface area contributed by atoms with Gasteiger partial charge < -0.3 is 10.6 Å². The second kappa shape index (κ2) is 5.79. The van der Waals surface area contributed by atoms with E-state index in [2.05, 4.69) is 42.6 Å². The van der Waals surface area contributed by atoms with Gasteiger partial charge in [-0.1, -0.05) is 11.6 Å². The average Bonchev–Trinajstić information content (AvgIpc) is 2.79. The summed E-state index contributed by atoms with van der Waals surface area (Å²) in [5, 5.41) is 10.6. The molecular formula is C15H24N4O. The number of carbonyl (C=O) groups excluding carboxylic acids is 1. The molecule has 1 aromatic rings. The largest absolute Gasteiger partial charge is 0.348 e. The molecule has 1 aliphatic rings. The summed E-state index contributed by atoms with van der Waals surface area (Å²) in [5.41, 5.74) is 2.75. The first-order valence-electron chi connectivity index (χ1n) is 7.11. The summed E-state index contributed by atoms with van der Waals surface area (Å²) in [5.74, 6) is -0.0440. The Morgan fingerprint density at radius 2 is 2.25 bits per heavy atom. The van der Waals surface area contributed by atoms with E-state index in [-0.39, 0.29) is 11.4 Å². The molecule has 0 aliphatic carbocycles. The zero-order valence-electron chi connectivity index (χ0n) is 12.8. The smallest absolute Gasteiger partial charge is 0.255 e. The Morgan fingerprint density at radius 3 is 2.80 bits per heavy atom. The van der Waals surface area contributed by atoms with Crippen LogP contribution in [-0.2, 0) is 5.54 Å². The van der Waals surface area contributed by atoms with Gasteiger partial charge in [-0.05, 0) is 40.7 Å². The van der Waals surface area contributed by atoms with Crippen molar-refractivity contribution >= 4 is 5.91 Å². The summed E-state index contributed by atoms with van der Waals surface area (Å²) in [4.78, 5) is 12.2. The highest BCUT2D eigenvalue weighted by Crippen LogP contribution is 2.18. The first-order valence-corrected chi connectivity index (χ1v) is 7.11. The quantitative estimate of drug-likeness (QED) is 0.824. The minimum Gasteiger partial charge on any atom is -0.348 e. The number of hydrogen-bond acceptors (Lipinski definition) is 3. The van der Waals surface area contributed by atoms with Crippen LogP contribution in [0.2, 0.25) is 0 Å². The second-order valence-electron chi connectivity index (χ2n) is 6.23. The van der Waals surface area contributed by atoms with Gasteiger partial charge in [0.05, 0.1) is 17.3 Å². The molecule has 5 nitrogen and oxygen atoms in total. The van der Waals surface area contributed by atoms with E-state index < -0.39 is 0 Å². The van der Waals surface area contributed by atoms with Crippen LogP contribution in [0.5, 0.6) is 0 Å². The van der Waals surface area contributed by atoms with Crippen molar-refractivity contribution in [3.05, 3.63) is 29.1 Å². The van der Waals surface area contributed by atoms with E-state index in [4.69, 9.17) is 0 Å². The number of nitrogens with zero attached hydrogens (tertiary/aromatic N) is 2. The summed E-state index contributed by atoms with van der Waals surface area (Å²) >= 11 is 0. The third kappa shape index (κ3) is 3.28. The van der Waals surface area contributed by atoms with Crippen molar-refractivity contribution in [3.63, 3.8) is 0 Å². The lowest BCUT2D eigenvalue weighted by molar-refractivity contribution is 0.0955. The molecule has 1 aromatic heterocycles. The van der Waals surface area contributed by atoms with Crippen LogP contribution in [-0.4, -0.2) is 35.3 Å². The highest BCUT2D eigenvalue weighted by atomic mass is 16.1. The second-order valence-corrected chi connectivity index (χ2v) is 6.23. The van der Waals surface area contributed by atoms with Gasteiger partial charge in [0.1, 0.15) is 0 Å². The van der Waals surface area contributed by atoms with Gasteiger partial charge in [0.15, 0.2) is 0 Å². The zero-order valence-corrected chi connectivity index (χ0v) is 12.8. The molecule has 1 amide bonds. The molecule has 0 fully saturated rings. The van der Waals surface area contributed by atoms with E-state index in [9.17, 15) is 4.79 Å². The maximum Gasteiger partial charge on any atom is 0.255 e. The third-order valence-electron chi connectivity index (χ3n) is 3.52. The molecule has 0 saturated carbocycles. The van der Waals surface area contributed by atoms with E-state index in [0.717, 1.165) is 25.2 Å². The molecule has 0 saturated heterocycles. The lowest BCUT2D eigenvalue weighted by Crippen LogP contribution is -2.30. The predicted molar refractivity (Wildman–Crippen MR) is 79.9 cm³/mol. The van der Waals surface area contributed by atoms with Crippen molar-refractivity contribution < 1.29 is 4.79 Å². The Morgan fingerprint density at radius 1 is 1.50 bits per heavy atom. The van der Waals surface area contributed by atoms with E-state index in [1.165, 1.54) is 5.57 Å². The minimum absolute atomic E-state index is 0.0440. The number of hydrogen-bond donors (Lipinski definition) is 2. The van der Waals surface area contributed by atoms with Gasteiger partial charge in [0, 0.05) is 18.8 Å². The van der Waals surface area contributed by atoms with Gasteiger partial charge in [-0.3, -0.25) is 9.48 Å². The van der Waals surface area contributed by atoms with E-state index >= 15 is 0 Å². The van der Waals surface area contributed by atoms with Gasteiger partial charge >= 0.3 is 0 Å². The summed E-state index contributed by atoms with van der Waals surface area (Å²) < 4.78 is 1.89. The number of carbonyl (C=O) groups is 1. The van der Waals surface area contributed by atoms with Crippen LogP contribution < -0.4 is 10.6 Å². The fourth-order valence-corrected chi connectivity index (χ4v) is 2.43. The molecular weight excluding hydrogens is 252 g/mol. The molecule has 0 atom stereocenters. The molecule has 0 unspecified atom stereocenters. The fourth-order valence-electron chi connectivity index (χ4n) is 2.43. The fraction of sp³-hybridized carbons (Fsp3) is 0.600. The standard InChI is InChI=1S/C15H24N4O/c1-11-13(10-18-19(11)15(2,3)4)14(20)17-9-12-5-7-16-8-6-12/h5,10,16H,6-9H2,1-4H3,(H,17,20). The molecule has 0 radical (unpaired) electrons. The highest BCUT2D eigenvalue weighted by molar-refractivity contribution is 5.95. The molecule has 2 heterocycles. The number of nitrogens with one attached hydrogen (secondary N) is 2. The van der Waals surface area contributed by atoms with Crippen LogP contribution in [0.3, 0.4) is 0 Å². The SMILES string of the molecule is Cc1c(C(=O)NCC2=CCNCC2)cnn1C(C)(C)C. The van der Waals surface area contributed by atoms with Crippen molar-refractivity contribution in [2.45, 2.75) is 39.7 Å². The van der Waals surface area contributed by atoms with Gasteiger partial charge in [-0.25, -0.2) is 0 Å². The Balaban J connectivity index is 2.03. The number of rotatable bonds is 3. The number of aromatic nitrogens is 2. The summed E-state index contributed by atoms with van der Waals surface area (Å²) in [6, 6.07) is 0. The highest BCUT2D eigenvalue weighted by Gasteiger charge is 2.21. The summed E-state index contributed by atoms with van der Waals surface area (Å²) in [6.07, 6.45) is 4.81.